The Kier molecular flexibility index (Phi) is 7.32. The Morgan fingerprint density at radius 1 is 1.50 bits per heavy atom. The maximum absolute atomic E-state index is 11.8. The number of hydrogen-bond acceptors (Lipinski definition) is 2. The number of alkyl halides is 1. The first-order valence-corrected chi connectivity index (χ1v) is 7.08. The van der Waals surface area contributed by atoms with Gasteiger partial charge in [-0.3, -0.25) is 4.79 Å². The molecule has 0 heterocycles. The monoisotopic (exact) mass is 333 g/mol. The standard InChI is InChI=1S/C13H17BrClNO2/c1-18-8-4-7-16-13(17)11(14)9-10-5-2-3-6-12(10)15/h2-3,5-6,11H,4,7-9H2,1H3,(H,16,17). The maximum atomic E-state index is 11.8. The Labute approximate surface area is 121 Å². The first-order chi connectivity index (χ1) is 8.65. The van der Waals surface area contributed by atoms with Crippen LogP contribution in [0.5, 0.6) is 0 Å². The summed E-state index contributed by atoms with van der Waals surface area (Å²) in [6.07, 6.45) is 1.39. The van der Waals surface area contributed by atoms with E-state index in [1.165, 1.54) is 0 Å². The van der Waals surface area contributed by atoms with Crippen molar-refractivity contribution in [1.82, 2.24) is 5.32 Å². The fourth-order valence-corrected chi connectivity index (χ4v) is 2.21. The number of carbonyl (C=O) groups is 1. The zero-order valence-electron chi connectivity index (χ0n) is 10.3. The van der Waals surface area contributed by atoms with E-state index in [2.05, 4.69) is 21.2 Å². The average molecular weight is 335 g/mol. The summed E-state index contributed by atoms with van der Waals surface area (Å²) in [6.45, 7) is 1.27. The number of benzene rings is 1. The topological polar surface area (TPSA) is 38.3 Å². The summed E-state index contributed by atoms with van der Waals surface area (Å²) < 4.78 is 4.92. The molecule has 0 aliphatic carbocycles. The molecule has 1 aromatic rings. The van der Waals surface area contributed by atoms with Crippen LogP contribution >= 0.6 is 27.5 Å². The van der Waals surface area contributed by atoms with Gasteiger partial charge in [0, 0.05) is 25.3 Å². The third-order valence-electron chi connectivity index (χ3n) is 2.47. The second-order valence-electron chi connectivity index (χ2n) is 3.90. The summed E-state index contributed by atoms with van der Waals surface area (Å²) in [7, 11) is 1.65. The molecule has 0 aliphatic rings. The van der Waals surface area contributed by atoms with E-state index < -0.39 is 0 Å². The third-order valence-corrected chi connectivity index (χ3v) is 3.57. The van der Waals surface area contributed by atoms with Crippen LogP contribution in [0.1, 0.15) is 12.0 Å². The number of amides is 1. The molecule has 1 N–H and O–H groups in total. The zero-order valence-corrected chi connectivity index (χ0v) is 12.6. The molecule has 0 saturated heterocycles. The van der Waals surface area contributed by atoms with Gasteiger partial charge >= 0.3 is 0 Å². The van der Waals surface area contributed by atoms with Gasteiger partial charge in [0.25, 0.3) is 0 Å². The molecule has 1 atom stereocenters. The van der Waals surface area contributed by atoms with E-state index in [9.17, 15) is 4.79 Å². The summed E-state index contributed by atoms with van der Waals surface area (Å²) in [5.41, 5.74) is 0.966. The largest absolute Gasteiger partial charge is 0.385 e. The van der Waals surface area contributed by atoms with Crippen molar-refractivity contribution in [3.8, 4) is 0 Å². The molecule has 3 nitrogen and oxygen atoms in total. The summed E-state index contributed by atoms with van der Waals surface area (Å²) in [6, 6.07) is 7.54. The molecule has 0 bridgehead atoms. The van der Waals surface area contributed by atoms with Crippen LogP contribution < -0.4 is 5.32 Å². The van der Waals surface area contributed by atoms with Gasteiger partial charge in [-0.05, 0) is 24.5 Å². The van der Waals surface area contributed by atoms with Crippen molar-refractivity contribution in [1.29, 1.82) is 0 Å². The van der Waals surface area contributed by atoms with Crippen LogP contribution in [0.4, 0.5) is 0 Å². The Balaban J connectivity index is 2.38. The van der Waals surface area contributed by atoms with Gasteiger partial charge in [0.1, 0.15) is 0 Å². The first kappa shape index (κ1) is 15.5. The summed E-state index contributed by atoms with van der Waals surface area (Å²) in [4.78, 5) is 11.5. The molecule has 0 aromatic heterocycles. The summed E-state index contributed by atoms with van der Waals surface area (Å²) >= 11 is 9.43. The number of halogens is 2. The van der Waals surface area contributed by atoms with Gasteiger partial charge in [-0.2, -0.15) is 0 Å². The van der Waals surface area contributed by atoms with Gasteiger partial charge in [0.05, 0.1) is 4.83 Å². The highest BCUT2D eigenvalue weighted by Crippen LogP contribution is 2.19. The van der Waals surface area contributed by atoms with Crippen LogP contribution in [0, 0.1) is 0 Å². The number of hydrogen-bond donors (Lipinski definition) is 1. The molecule has 1 amide bonds. The minimum atomic E-state index is -0.264. The molecule has 1 aromatic carbocycles. The fourth-order valence-electron chi connectivity index (χ4n) is 1.49. The van der Waals surface area contributed by atoms with E-state index in [1.807, 2.05) is 24.3 Å². The van der Waals surface area contributed by atoms with Crippen LogP contribution in [0.15, 0.2) is 24.3 Å². The summed E-state index contributed by atoms with van der Waals surface area (Å²) in [5.74, 6) is -0.0222. The highest BCUT2D eigenvalue weighted by molar-refractivity contribution is 9.10. The molecule has 0 spiro atoms. The van der Waals surface area contributed by atoms with Crippen molar-refractivity contribution in [2.75, 3.05) is 20.3 Å². The van der Waals surface area contributed by atoms with Crippen molar-refractivity contribution in [2.24, 2.45) is 0 Å². The Morgan fingerprint density at radius 3 is 2.89 bits per heavy atom. The van der Waals surface area contributed by atoms with E-state index in [-0.39, 0.29) is 10.7 Å². The average Bonchev–Trinajstić information content (AvgIpc) is 2.37. The molecule has 100 valence electrons. The minimum absolute atomic E-state index is 0.0222. The normalized spacial score (nSPS) is 12.2. The minimum Gasteiger partial charge on any atom is -0.385 e. The van der Waals surface area contributed by atoms with Crippen molar-refractivity contribution < 1.29 is 9.53 Å². The molecular weight excluding hydrogens is 318 g/mol. The Morgan fingerprint density at radius 2 is 2.22 bits per heavy atom. The molecule has 0 radical (unpaired) electrons. The second-order valence-corrected chi connectivity index (χ2v) is 5.41. The first-order valence-electron chi connectivity index (χ1n) is 5.79. The van der Waals surface area contributed by atoms with Crippen molar-refractivity contribution in [3.63, 3.8) is 0 Å². The fraction of sp³-hybridized carbons (Fsp3) is 0.462. The van der Waals surface area contributed by atoms with Crippen LogP contribution in [0.2, 0.25) is 5.02 Å². The van der Waals surface area contributed by atoms with Gasteiger partial charge in [-0.25, -0.2) is 0 Å². The van der Waals surface area contributed by atoms with E-state index in [0.717, 1.165) is 12.0 Å². The van der Waals surface area contributed by atoms with Crippen molar-refractivity contribution in [2.45, 2.75) is 17.7 Å². The Hall–Kier alpha value is -0.580. The predicted octanol–water partition coefficient (Wildman–Crippen LogP) is 2.80. The van der Waals surface area contributed by atoms with Crippen molar-refractivity contribution in [3.05, 3.63) is 34.9 Å². The van der Waals surface area contributed by atoms with Crippen LogP contribution in [-0.2, 0) is 16.0 Å². The lowest BCUT2D eigenvalue weighted by Crippen LogP contribution is -2.33. The number of ether oxygens (including phenoxy) is 1. The van der Waals surface area contributed by atoms with E-state index in [0.29, 0.717) is 24.6 Å². The lowest BCUT2D eigenvalue weighted by atomic mass is 10.1. The van der Waals surface area contributed by atoms with Crippen LogP contribution in [0.25, 0.3) is 0 Å². The van der Waals surface area contributed by atoms with Crippen molar-refractivity contribution >= 4 is 33.4 Å². The lowest BCUT2D eigenvalue weighted by molar-refractivity contribution is -0.120. The lowest BCUT2D eigenvalue weighted by Gasteiger charge is -2.11. The van der Waals surface area contributed by atoms with Gasteiger partial charge in [-0.15, -0.1) is 0 Å². The number of nitrogens with one attached hydrogen (secondary N) is 1. The Bertz CT molecular complexity index is 387. The molecule has 0 fully saturated rings. The number of rotatable bonds is 7. The third kappa shape index (κ3) is 5.38. The van der Waals surface area contributed by atoms with Crippen LogP contribution in [-0.4, -0.2) is 31.0 Å². The van der Waals surface area contributed by atoms with Gasteiger partial charge < -0.3 is 10.1 Å². The van der Waals surface area contributed by atoms with Gasteiger partial charge in [-0.1, -0.05) is 45.7 Å². The molecule has 1 rings (SSSR count). The molecular formula is C13H17BrClNO2. The highest BCUT2D eigenvalue weighted by Gasteiger charge is 2.15. The molecule has 0 aliphatic heterocycles. The van der Waals surface area contributed by atoms with Crippen LogP contribution in [0.3, 0.4) is 0 Å². The highest BCUT2D eigenvalue weighted by atomic mass is 79.9. The van der Waals surface area contributed by atoms with Gasteiger partial charge in [0.15, 0.2) is 0 Å². The van der Waals surface area contributed by atoms with E-state index in [1.54, 1.807) is 7.11 Å². The number of methoxy groups -OCH3 is 1. The molecule has 5 heteroatoms. The van der Waals surface area contributed by atoms with Gasteiger partial charge in [0.2, 0.25) is 5.91 Å². The molecule has 18 heavy (non-hydrogen) atoms. The molecule has 0 saturated carbocycles. The number of carbonyl (C=O) groups excluding carboxylic acids is 1. The molecule has 1 unspecified atom stereocenters. The maximum Gasteiger partial charge on any atom is 0.234 e. The summed E-state index contributed by atoms with van der Waals surface area (Å²) in [5, 5.41) is 3.54. The quantitative estimate of drug-likeness (QED) is 0.615. The van der Waals surface area contributed by atoms with E-state index in [4.69, 9.17) is 16.3 Å². The van der Waals surface area contributed by atoms with E-state index >= 15 is 0 Å². The predicted molar refractivity (Wildman–Crippen MR) is 77.4 cm³/mol. The second kappa shape index (κ2) is 8.51. The SMILES string of the molecule is COCCCNC(=O)C(Br)Cc1ccccc1Cl. The smallest absolute Gasteiger partial charge is 0.234 e. The zero-order chi connectivity index (χ0) is 13.4.